The van der Waals surface area contributed by atoms with Crippen LogP contribution >= 0.6 is 0 Å². The van der Waals surface area contributed by atoms with Gasteiger partial charge in [0.2, 0.25) is 15.9 Å². The van der Waals surface area contributed by atoms with Gasteiger partial charge < -0.3 is 10.4 Å². The number of carboxylic acid groups (broad SMARTS) is 1. The Labute approximate surface area is 113 Å². The molecule has 0 heterocycles. The highest BCUT2D eigenvalue weighted by Gasteiger charge is 2.33. The van der Waals surface area contributed by atoms with Crippen LogP contribution in [0.4, 0.5) is 0 Å². The summed E-state index contributed by atoms with van der Waals surface area (Å²) in [5.41, 5.74) is -0.583. The van der Waals surface area contributed by atoms with Crippen LogP contribution in [0.5, 0.6) is 0 Å². The van der Waals surface area contributed by atoms with Crippen molar-refractivity contribution in [1.82, 2.24) is 10.0 Å². The summed E-state index contributed by atoms with van der Waals surface area (Å²) in [5, 5.41) is 11.0. The molecule has 19 heavy (non-hydrogen) atoms. The Bertz CT molecular complexity index is 425. The molecule has 1 amide bonds. The van der Waals surface area contributed by atoms with Crippen molar-refractivity contribution in [3.05, 3.63) is 0 Å². The lowest BCUT2D eigenvalue weighted by atomic mass is 9.87. The summed E-state index contributed by atoms with van der Waals surface area (Å²) in [4.78, 5) is 22.2. The van der Waals surface area contributed by atoms with Gasteiger partial charge in [0.05, 0.1) is 6.26 Å². The second-order valence-electron chi connectivity index (χ2n) is 5.48. The topological polar surface area (TPSA) is 113 Å². The fourth-order valence-electron chi connectivity index (χ4n) is 1.39. The molecule has 0 bridgehead atoms. The summed E-state index contributed by atoms with van der Waals surface area (Å²) in [7, 11) is -3.50. The fraction of sp³-hybridized carbons (Fsp3) is 0.818. The minimum atomic E-state index is -3.50. The van der Waals surface area contributed by atoms with E-state index >= 15 is 0 Å². The summed E-state index contributed by atoms with van der Waals surface area (Å²) in [5.74, 6) is -1.39. The molecule has 8 heteroatoms. The van der Waals surface area contributed by atoms with Gasteiger partial charge in [0.15, 0.2) is 0 Å². The normalized spacial score (nSPS) is 13.9. The van der Waals surface area contributed by atoms with E-state index in [4.69, 9.17) is 5.11 Å². The van der Waals surface area contributed by atoms with Gasteiger partial charge in [0, 0.05) is 13.0 Å². The molecule has 0 saturated heterocycles. The number of carbonyl (C=O) groups is 2. The summed E-state index contributed by atoms with van der Waals surface area (Å²) in [6, 6.07) is -0.896. The molecule has 0 radical (unpaired) electrons. The van der Waals surface area contributed by atoms with Gasteiger partial charge in [-0.3, -0.25) is 9.59 Å². The van der Waals surface area contributed by atoms with E-state index in [1.165, 1.54) is 0 Å². The van der Waals surface area contributed by atoms with Gasteiger partial charge >= 0.3 is 5.97 Å². The minimum Gasteiger partial charge on any atom is -0.481 e. The van der Waals surface area contributed by atoms with Crippen LogP contribution < -0.4 is 10.0 Å². The molecular weight excluding hydrogens is 272 g/mol. The molecule has 1 atom stereocenters. The van der Waals surface area contributed by atoms with E-state index < -0.39 is 33.4 Å². The maximum atomic E-state index is 11.9. The van der Waals surface area contributed by atoms with E-state index in [0.717, 1.165) is 6.26 Å². The first-order valence-electron chi connectivity index (χ1n) is 5.90. The summed E-state index contributed by atoms with van der Waals surface area (Å²) >= 11 is 0. The van der Waals surface area contributed by atoms with Crippen LogP contribution in [-0.2, 0) is 19.6 Å². The number of sulfonamides is 1. The highest BCUT2D eigenvalue weighted by Crippen LogP contribution is 2.20. The third-order valence-electron chi connectivity index (χ3n) is 2.33. The van der Waals surface area contributed by atoms with Gasteiger partial charge in [-0.05, 0) is 11.8 Å². The molecule has 0 aliphatic rings. The zero-order valence-electron chi connectivity index (χ0n) is 11.7. The molecule has 0 spiro atoms. The zero-order valence-corrected chi connectivity index (χ0v) is 12.5. The third-order valence-corrected chi connectivity index (χ3v) is 2.99. The van der Waals surface area contributed by atoms with Crippen LogP contribution in [0.25, 0.3) is 0 Å². The van der Waals surface area contributed by atoms with E-state index in [9.17, 15) is 18.0 Å². The average Bonchev–Trinajstić information content (AvgIpc) is 2.17. The van der Waals surface area contributed by atoms with Crippen molar-refractivity contribution >= 4 is 21.9 Å². The van der Waals surface area contributed by atoms with Crippen LogP contribution in [0.3, 0.4) is 0 Å². The Kier molecular flexibility index (Phi) is 6.44. The molecule has 7 nitrogen and oxygen atoms in total. The van der Waals surface area contributed by atoms with Crippen molar-refractivity contribution in [3.63, 3.8) is 0 Å². The Balaban J connectivity index is 4.53. The molecule has 0 aliphatic heterocycles. The molecule has 0 saturated carbocycles. The number of rotatable bonds is 7. The summed E-state index contributed by atoms with van der Waals surface area (Å²) < 4.78 is 24.8. The SMILES string of the molecule is CC(C)(C)C(NS(C)(=O)=O)C(=O)NCCCC(=O)O. The summed E-state index contributed by atoms with van der Waals surface area (Å²) in [6.45, 7) is 5.43. The maximum absolute atomic E-state index is 11.9. The monoisotopic (exact) mass is 294 g/mol. The second-order valence-corrected chi connectivity index (χ2v) is 7.26. The highest BCUT2D eigenvalue weighted by molar-refractivity contribution is 7.88. The Morgan fingerprint density at radius 2 is 1.79 bits per heavy atom. The zero-order chi connectivity index (χ0) is 15.3. The number of carbonyl (C=O) groups excluding carboxylic acids is 1. The molecule has 0 rings (SSSR count). The van der Waals surface area contributed by atoms with E-state index in [2.05, 4.69) is 10.0 Å². The number of hydrogen-bond donors (Lipinski definition) is 3. The number of hydrogen-bond acceptors (Lipinski definition) is 4. The molecule has 0 aromatic carbocycles. The lowest BCUT2D eigenvalue weighted by Gasteiger charge is -2.29. The smallest absolute Gasteiger partial charge is 0.303 e. The minimum absolute atomic E-state index is 0.0417. The van der Waals surface area contributed by atoms with Gasteiger partial charge in [-0.2, -0.15) is 0 Å². The van der Waals surface area contributed by atoms with E-state index in [-0.39, 0.29) is 13.0 Å². The first-order valence-corrected chi connectivity index (χ1v) is 7.79. The Morgan fingerprint density at radius 3 is 2.16 bits per heavy atom. The van der Waals surface area contributed by atoms with Crippen LogP contribution in [0, 0.1) is 5.41 Å². The standard InChI is InChI=1S/C11H22N2O5S/c1-11(2,3)9(13-19(4,17)18)10(16)12-7-5-6-8(14)15/h9,13H,5-7H2,1-4H3,(H,12,16)(H,14,15). The first-order chi connectivity index (χ1) is 8.43. The van der Waals surface area contributed by atoms with Gasteiger partial charge in [-0.15, -0.1) is 0 Å². The third kappa shape index (κ3) is 8.55. The summed E-state index contributed by atoms with van der Waals surface area (Å²) in [6.07, 6.45) is 1.25. The van der Waals surface area contributed by atoms with Gasteiger partial charge in [0.25, 0.3) is 0 Å². The Hall–Kier alpha value is -1.15. The van der Waals surface area contributed by atoms with Crippen molar-refractivity contribution in [2.45, 2.75) is 39.7 Å². The second kappa shape index (κ2) is 6.85. The molecule has 3 N–H and O–H groups in total. The molecule has 0 aliphatic carbocycles. The van der Waals surface area contributed by atoms with Crippen LogP contribution in [0.2, 0.25) is 0 Å². The lowest BCUT2D eigenvalue weighted by Crippen LogP contribution is -2.53. The molecule has 0 aromatic rings. The van der Waals surface area contributed by atoms with E-state index in [1.807, 2.05) is 0 Å². The van der Waals surface area contributed by atoms with Crippen LogP contribution in [-0.4, -0.2) is 44.2 Å². The van der Waals surface area contributed by atoms with E-state index in [1.54, 1.807) is 20.8 Å². The van der Waals surface area contributed by atoms with Gasteiger partial charge in [-0.25, -0.2) is 13.1 Å². The van der Waals surface area contributed by atoms with Crippen molar-refractivity contribution in [1.29, 1.82) is 0 Å². The fourth-order valence-corrected chi connectivity index (χ4v) is 2.28. The molecular formula is C11H22N2O5S. The van der Waals surface area contributed by atoms with Crippen molar-refractivity contribution in [2.24, 2.45) is 5.41 Å². The number of aliphatic carboxylic acids is 1. The van der Waals surface area contributed by atoms with Crippen molar-refractivity contribution in [3.8, 4) is 0 Å². The molecule has 112 valence electrons. The predicted molar refractivity (Wildman–Crippen MR) is 71.1 cm³/mol. The average molecular weight is 294 g/mol. The molecule has 1 unspecified atom stereocenters. The van der Waals surface area contributed by atoms with Crippen molar-refractivity contribution < 1.29 is 23.1 Å². The largest absolute Gasteiger partial charge is 0.481 e. The Morgan fingerprint density at radius 1 is 1.26 bits per heavy atom. The molecule has 0 fully saturated rings. The highest BCUT2D eigenvalue weighted by atomic mass is 32.2. The number of amides is 1. The lowest BCUT2D eigenvalue weighted by molar-refractivity contribution is -0.137. The van der Waals surface area contributed by atoms with Crippen LogP contribution in [0.15, 0.2) is 0 Å². The van der Waals surface area contributed by atoms with Gasteiger partial charge in [0.1, 0.15) is 6.04 Å². The first kappa shape index (κ1) is 17.8. The maximum Gasteiger partial charge on any atom is 0.303 e. The number of nitrogens with one attached hydrogen (secondary N) is 2. The van der Waals surface area contributed by atoms with Crippen molar-refractivity contribution in [2.75, 3.05) is 12.8 Å². The van der Waals surface area contributed by atoms with Gasteiger partial charge in [-0.1, -0.05) is 20.8 Å². The number of carboxylic acids is 1. The molecule has 0 aromatic heterocycles. The quantitative estimate of drug-likeness (QED) is 0.569. The predicted octanol–water partition coefficient (Wildman–Crippen LogP) is -0.0687. The van der Waals surface area contributed by atoms with Crippen LogP contribution in [0.1, 0.15) is 33.6 Å². The van der Waals surface area contributed by atoms with E-state index in [0.29, 0.717) is 6.42 Å².